The molecule has 1 amide bonds. The van der Waals surface area contributed by atoms with E-state index in [2.05, 4.69) is 10.3 Å². The second kappa shape index (κ2) is 7.13. The number of phenols is 1. The standard InChI is InChI=1S/C23H14N2O4S/c26-18-12-14(9-10-15(18)22-25-17-6-2-4-8-20(17)30-22)24-21(27)16-11-13-5-1-3-7-19(13)29-23(16)28/h1-12,26H,(H,24,27). The molecule has 6 nitrogen and oxygen atoms in total. The predicted molar refractivity (Wildman–Crippen MR) is 117 cm³/mol. The van der Waals surface area contributed by atoms with Gasteiger partial charge in [0, 0.05) is 17.1 Å². The molecule has 0 aliphatic rings. The van der Waals surface area contributed by atoms with E-state index in [0.29, 0.717) is 27.2 Å². The summed E-state index contributed by atoms with van der Waals surface area (Å²) in [5.74, 6) is -0.626. The number of carbonyl (C=O) groups is 1. The molecule has 3 aromatic carbocycles. The van der Waals surface area contributed by atoms with E-state index in [-0.39, 0.29) is 11.3 Å². The number of thiazole rings is 1. The fraction of sp³-hybridized carbons (Fsp3) is 0. The summed E-state index contributed by atoms with van der Waals surface area (Å²) < 4.78 is 6.23. The summed E-state index contributed by atoms with van der Waals surface area (Å²) in [5, 5.41) is 14.4. The van der Waals surface area contributed by atoms with Gasteiger partial charge >= 0.3 is 5.63 Å². The van der Waals surface area contributed by atoms with Crippen LogP contribution in [-0.2, 0) is 0 Å². The Morgan fingerprint density at radius 1 is 1.00 bits per heavy atom. The van der Waals surface area contributed by atoms with Gasteiger partial charge in [0.2, 0.25) is 0 Å². The number of rotatable bonds is 3. The van der Waals surface area contributed by atoms with E-state index < -0.39 is 11.5 Å². The summed E-state index contributed by atoms with van der Waals surface area (Å²) in [6.07, 6.45) is 0. The molecular weight excluding hydrogens is 400 g/mol. The van der Waals surface area contributed by atoms with E-state index in [9.17, 15) is 14.7 Å². The lowest BCUT2D eigenvalue weighted by molar-refractivity contribution is 0.102. The van der Waals surface area contributed by atoms with Gasteiger partial charge in [-0.2, -0.15) is 0 Å². The molecule has 0 bridgehead atoms. The number of nitrogens with zero attached hydrogens (tertiary/aromatic N) is 1. The SMILES string of the molecule is O=C(Nc1ccc(-c2nc3ccccc3s2)c(O)c1)c1cc2ccccc2oc1=O. The van der Waals surface area contributed by atoms with Gasteiger partial charge in [-0.3, -0.25) is 4.79 Å². The summed E-state index contributed by atoms with van der Waals surface area (Å²) in [7, 11) is 0. The maximum atomic E-state index is 12.6. The van der Waals surface area contributed by atoms with Crippen molar-refractivity contribution < 1.29 is 14.3 Å². The van der Waals surface area contributed by atoms with Gasteiger partial charge in [0.05, 0.1) is 15.8 Å². The fourth-order valence-corrected chi connectivity index (χ4v) is 4.20. The van der Waals surface area contributed by atoms with E-state index in [1.54, 1.807) is 36.4 Å². The molecular formula is C23H14N2O4S. The van der Waals surface area contributed by atoms with Gasteiger partial charge in [-0.25, -0.2) is 9.78 Å². The van der Waals surface area contributed by atoms with Crippen molar-refractivity contribution in [3.05, 3.63) is 88.8 Å². The zero-order chi connectivity index (χ0) is 20.7. The zero-order valence-corrected chi connectivity index (χ0v) is 16.3. The molecule has 0 spiro atoms. The smallest absolute Gasteiger partial charge is 0.349 e. The molecule has 0 unspecified atom stereocenters. The molecule has 2 aromatic heterocycles. The Balaban J connectivity index is 1.44. The molecule has 0 saturated carbocycles. The highest BCUT2D eigenvalue weighted by atomic mass is 32.1. The Kier molecular flexibility index (Phi) is 4.30. The maximum absolute atomic E-state index is 12.6. The molecule has 146 valence electrons. The van der Waals surface area contributed by atoms with Crippen molar-refractivity contribution in [2.45, 2.75) is 0 Å². The molecule has 7 heteroatoms. The van der Waals surface area contributed by atoms with Crippen molar-refractivity contribution >= 4 is 44.1 Å². The molecule has 2 heterocycles. The number of amides is 1. The summed E-state index contributed by atoms with van der Waals surface area (Å²) in [6.45, 7) is 0. The van der Waals surface area contributed by atoms with Gasteiger partial charge in [0.1, 0.15) is 21.9 Å². The van der Waals surface area contributed by atoms with E-state index in [4.69, 9.17) is 4.42 Å². The summed E-state index contributed by atoms with van der Waals surface area (Å²) in [6, 6.07) is 21.0. The van der Waals surface area contributed by atoms with Crippen molar-refractivity contribution in [1.29, 1.82) is 0 Å². The average molecular weight is 414 g/mol. The van der Waals surface area contributed by atoms with Crippen LogP contribution in [0.4, 0.5) is 5.69 Å². The number of aromatic nitrogens is 1. The Morgan fingerprint density at radius 3 is 2.63 bits per heavy atom. The highest BCUT2D eigenvalue weighted by Gasteiger charge is 2.16. The summed E-state index contributed by atoms with van der Waals surface area (Å²) >= 11 is 1.47. The third-order valence-corrected chi connectivity index (χ3v) is 5.74. The van der Waals surface area contributed by atoms with Gasteiger partial charge in [0.25, 0.3) is 5.91 Å². The van der Waals surface area contributed by atoms with E-state index >= 15 is 0 Å². The van der Waals surface area contributed by atoms with Crippen LogP contribution < -0.4 is 10.9 Å². The maximum Gasteiger partial charge on any atom is 0.349 e. The Morgan fingerprint density at radius 2 is 1.80 bits per heavy atom. The van der Waals surface area contributed by atoms with Crippen LogP contribution >= 0.6 is 11.3 Å². The van der Waals surface area contributed by atoms with Crippen LogP contribution in [0.25, 0.3) is 31.8 Å². The number of para-hydroxylation sites is 2. The van der Waals surface area contributed by atoms with E-state index in [0.717, 1.165) is 10.2 Å². The fourth-order valence-electron chi connectivity index (χ4n) is 3.20. The molecule has 0 radical (unpaired) electrons. The number of benzene rings is 3. The second-order valence-electron chi connectivity index (χ2n) is 6.66. The van der Waals surface area contributed by atoms with Gasteiger partial charge < -0.3 is 14.8 Å². The number of anilines is 1. The molecule has 0 saturated heterocycles. The Bertz CT molecular complexity index is 1450. The van der Waals surface area contributed by atoms with Crippen LogP contribution in [0.3, 0.4) is 0 Å². The first-order chi connectivity index (χ1) is 14.6. The lowest BCUT2D eigenvalue weighted by Gasteiger charge is -2.08. The van der Waals surface area contributed by atoms with Gasteiger partial charge in [0.15, 0.2) is 0 Å². The molecule has 2 N–H and O–H groups in total. The minimum Gasteiger partial charge on any atom is -0.507 e. The number of aromatic hydroxyl groups is 1. The van der Waals surface area contributed by atoms with Crippen LogP contribution in [0.5, 0.6) is 5.75 Å². The molecule has 0 aliphatic heterocycles. The van der Waals surface area contributed by atoms with Crippen molar-refractivity contribution in [3.63, 3.8) is 0 Å². The first-order valence-corrected chi connectivity index (χ1v) is 9.93. The van der Waals surface area contributed by atoms with Gasteiger partial charge in [-0.1, -0.05) is 30.3 Å². The number of hydrogen-bond donors (Lipinski definition) is 2. The lowest BCUT2D eigenvalue weighted by atomic mass is 10.1. The Labute approximate surface area is 174 Å². The van der Waals surface area contributed by atoms with Crippen molar-refractivity contribution in [2.75, 3.05) is 5.32 Å². The van der Waals surface area contributed by atoms with E-state index in [1.165, 1.54) is 23.5 Å². The molecule has 5 rings (SSSR count). The Hall–Kier alpha value is -3.97. The highest BCUT2D eigenvalue weighted by Crippen LogP contribution is 2.36. The molecule has 5 aromatic rings. The topological polar surface area (TPSA) is 92.4 Å². The number of hydrogen-bond acceptors (Lipinski definition) is 6. The van der Waals surface area contributed by atoms with Crippen LogP contribution in [0.2, 0.25) is 0 Å². The van der Waals surface area contributed by atoms with Crippen LogP contribution in [0, 0.1) is 0 Å². The predicted octanol–water partition coefficient (Wildman–Crippen LogP) is 5.03. The van der Waals surface area contributed by atoms with Crippen molar-refractivity contribution in [1.82, 2.24) is 4.98 Å². The summed E-state index contributed by atoms with van der Waals surface area (Å²) in [5.41, 5.74) is 1.37. The van der Waals surface area contributed by atoms with Gasteiger partial charge in [-0.15, -0.1) is 11.3 Å². The number of nitrogens with one attached hydrogen (secondary N) is 1. The van der Waals surface area contributed by atoms with Crippen molar-refractivity contribution in [3.8, 4) is 16.3 Å². The van der Waals surface area contributed by atoms with Gasteiger partial charge in [-0.05, 0) is 36.4 Å². The molecule has 0 aliphatic carbocycles. The zero-order valence-electron chi connectivity index (χ0n) is 15.5. The van der Waals surface area contributed by atoms with E-state index in [1.807, 2.05) is 24.3 Å². The number of phenolic OH excluding ortho intramolecular Hbond substituents is 1. The highest BCUT2D eigenvalue weighted by molar-refractivity contribution is 7.21. The number of fused-ring (bicyclic) bond motifs is 2. The van der Waals surface area contributed by atoms with Crippen molar-refractivity contribution in [2.24, 2.45) is 0 Å². The number of carbonyl (C=O) groups excluding carboxylic acids is 1. The average Bonchev–Trinajstić information content (AvgIpc) is 3.17. The molecule has 0 fully saturated rings. The third kappa shape index (κ3) is 3.21. The minimum atomic E-state index is -0.721. The quantitative estimate of drug-likeness (QED) is 0.404. The second-order valence-corrected chi connectivity index (χ2v) is 7.69. The molecule has 0 atom stereocenters. The first-order valence-electron chi connectivity index (χ1n) is 9.12. The molecule has 30 heavy (non-hydrogen) atoms. The lowest BCUT2D eigenvalue weighted by Crippen LogP contribution is -2.20. The largest absolute Gasteiger partial charge is 0.507 e. The minimum absolute atomic E-state index is 0.0163. The normalized spacial score (nSPS) is 11.1. The van der Waals surface area contributed by atoms with Crippen LogP contribution in [0.1, 0.15) is 10.4 Å². The summed E-state index contributed by atoms with van der Waals surface area (Å²) in [4.78, 5) is 29.3. The monoisotopic (exact) mass is 414 g/mol. The first kappa shape index (κ1) is 18.1. The third-order valence-electron chi connectivity index (χ3n) is 4.67. The van der Waals surface area contributed by atoms with Crippen LogP contribution in [-0.4, -0.2) is 16.0 Å². The van der Waals surface area contributed by atoms with Crippen LogP contribution in [0.15, 0.2) is 82.0 Å².